The van der Waals surface area contributed by atoms with Crippen molar-refractivity contribution in [1.82, 2.24) is 15.0 Å². The normalized spacial score (nSPS) is 11.7. The lowest BCUT2D eigenvalue weighted by atomic mass is 10.0. The van der Waals surface area contributed by atoms with Crippen molar-refractivity contribution in [2.75, 3.05) is 19.8 Å². The number of carbonyl (C=O) groups excluding carboxylic acids is 1. The number of hydrogen-bond donors (Lipinski definition) is 4. The van der Waals surface area contributed by atoms with E-state index in [1.807, 2.05) is 0 Å². The van der Waals surface area contributed by atoms with Crippen LogP contribution in [0.5, 0.6) is 0 Å². The Morgan fingerprint density at radius 1 is 1.33 bits per heavy atom. The molecule has 0 radical (unpaired) electrons. The molecule has 8 heteroatoms. The van der Waals surface area contributed by atoms with E-state index in [-0.39, 0.29) is 12.3 Å². The molecular formula is C10H18N4O4. The lowest BCUT2D eigenvalue weighted by Gasteiger charge is -2.26. The lowest BCUT2D eigenvalue weighted by molar-refractivity contribution is -0.118. The average Bonchev–Trinajstić information content (AvgIpc) is 2.81. The van der Waals surface area contributed by atoms with Crippen LogP contribution in [0.4, 0.5) is 0 Å². The summed E-state index contributed by atoms with van der Waals surface area (Å²) in [6.07, 6.45) is 2.86. The van der Waals surface area contributed by atoms with Crippen molar-refractivity contribution < 1.29 is 20.1 Å². The summed E-state index contributed by atoms with van der Waals surface area (Å²) in [6, 6.07) is 0. The number of nitrogens with two attached hydrogens (primary N) is 1. The fraction of sp³-hybridized carbons (Fsp3) is 0.700. The minimum atomic E-state index is -1.26. The fourth-order valence-corrected chi connectivity index (χ4v) is 1.46. The number of aryl methyl sites for hydroxylation is 1. The first-order valence-corrected chi connectivity index (χ1v) is 5.60. The molecule has 0 aliphatic heterocycles. The van der Waals surface area contributed by atoms with E-state index in [4.69, 9.17) is 5.73 Å². The van der Waals surface area contributed by atoms with Crippen LogP contribution in [-0.2, 0) is 16.8 Å². The standard InChI is InChI=1S/C10H18N4O4/c11-9(18)3-1-2-8-4-14(13-12-8)10(5-15,6-16)7-17/h4,15-17H,1-3,5-7H2,(H2,11,18). The Bertz CT molecular complexity index is 381. The molecule has 5 N–H and O–H groups in total. The minimum absolute atomic E-state index is 0.262. The molecule has 0 fully saturated rings. The number of nitrogens with zero attached hydrogens (tertiary/aromatic N) is 3. The molecule has 1 amide bonds. The monoisotopic (exact) mass is 258 g/mol. The first-order valence-electron chi connectivity index (χ1n) is 5.60. The number of aliphatic hydroxyl groups excluding tert-OH is 3. The fourth-order valence-electron chi connectivity index (χ4n) is 1.46. The van der Waals surface area contributed by atoms with Gasteiger partial charge in [-0.15, -0.1) is 5.10 Å². The summed E-state index contributed by atoms with van der Waals surface area (Å²) >= 11 is 0. The van der Waals surface area contributed by atoms with Gasteiger partial charge in [0.25, 0.3) is 0 Å². The van der Waals surface area contributed by atoms with Gasteiger partial charge in [-0.1, -0.05) is 5.21 Å². The highest BCUT2D eigenvalue weighted by Gasteiger charge is 2.31. The number of amides is 1. The molecule has 8 nitrogen and oxygen atoms in total. The molecule has 18 heavy (non-hydrogen) atoms. The van der Waals surface area contributed by atoms with Crippen molar-refractivity contribution in [3.8, 4) is 0 Å². The molecule has 0 saturated heterocycles. The van der Waals surface area contributed by atoms with Gasteiger partial charge in [0.2, 0.25) is 5.91 Å². The van der Waals surface area contributed by atoms with E-state index in [1.165, 1.54) is 10.9 Å². The summed E-state index contributed by atoms with van der Waals surface area (Å²) in [7, 11) is 0. The van der Waals surface area contributed by atoms with Crippen LogP contribution in [0.25, 0.3) is 0 Å². The second-order valence-corrected chi connectivity index (χ2v) is 4.17. The summed E-state index contributed by atoms with van der Waals surface area (Å²) in [6.45, 7) is -1.36. The summed E-state index contributed by atoms with van der Waals surface area (Å²) in [5.41, 5.74) is 4.37. The van der Waals surface area contributed by atoms with Crippen LogP contribution in [-0.4, -0.2) is 56.0 Å². The van der Waals surface area contributed by atoms with E-state index < -0.39 is 25.4 Å². The maximum atomic E-state index is 10.6. The zero-order valence-electron chi connectivity index (χ0n) is 9.99. The molecule has 0 unspecified atom stereocenters. The third kappa shape index (κ3) is 3.25. The van der Waals surface area contributed by atoms with Gasteiger partial charge in [-0.3, -0.25) is 4.79 Å². The largest absolute Gasteiger partial charge is 0.394 e. The molecule has 1 heterocycles. The van der Waals surface area contributed by atoms with Crippen LogP contribution < -0.4 is 5.73 Å². The van der Waals surface area contributed by atoms with Gasteiger partial charge in [-0.2, -0.15) is 0 Å². The molecule has 0 spiro atoms. The Balaban J connectivity index is 2.69. The Kier molecular flexibility index (Phi) is 5.20. The molecule has 0 bridgehead atoms. The predicted octanol–water partition coefficient (Wildman–Crippen LogP) is -2.24. The van der Waals surface area contributed by atoms with Crippen LogP contribution in [0.15, 0.2) is 6.20 Å². The lowest BCUT2D eigenvalue weighted by Crippen LogP contribution is -2.45. The average molecular weight is 258 g/mol. The second kappa shape index (κ2) is 6.43. The molecule has 1 aromatic heterocycles. The van der Waals surface area contributed by atoms with Gasteiger partial charge < -0.3 is 21.1 Å². The van der Waals surface area contributed by atoms with Crippen molar-refractivity contribution in [3.63, 3.8) is 0 Å². The van der Waals surface area contributed by atoms with Crippen LogP contribution in [0, 0.1) is 0 Å². The van der Waals surface area contributed by atoms with Gasteiger partial charge in [0.1, 0.15) is 5.54 Å². The third-order valence-electron chi connectivity index (χ3n) is 2.77. The van der Waals surface area contributed by atoms with Crippen LogP contribution >= 0.6 is 0 Å². The Morgan fingerprint density at radius 2 is 1.94 bits per heavy atom. The van der Waals surface area contributed by atoms with Gasteiger partial charge in [0.15, 0.2) is 0 Å². The quantitative estimate of drug-likeness (QED) is 0.416. The van der Waals surface area contributed by atoms with E-state index in [1.54, 1.807) is 0 Å². The van der Waals surface area contributed by atoms with E-state index in [0.717, 1.165) is 0 Å². The van der Waals surface area contributed by atoms with E-state index >= 15 is 0 Å². The topological polar surface area (TPSA) is 134 Å². The van der Waals surface area contributed by atoms with Crippen molar-refractivity contribution in [2.45, 2.75) is 24.8 Å². The first-order chi connectivity index (χ1) is 8.57. The number of aliphatic hydroxyl groups is 3. The molecule has 102 valence electrons. The highest BCUT2D eigenvalue weighted by molar-refractivity contribution is 5.73. The number of rotatable bonds is 8. The molecule has 0 aliphatic rings. The molecule has 1 aromatic rings. The molecule has 0 aliphatic carbocycles. The van der Waals surface area contributed by atoms with Crippen molar-refractivity contribution in [3.05, 3.63) is 11.9 Å². The number of aromatic nitrogens is 3. The molecular weight excluding hydrogens is 240 g/mol. The van der Waals surface area contributed by atoms with Gasteiger partial charge in [0.05, 0.1) is 25.5 Å². The predicted molar refractivity (Wildman–Crippen MR) is 61.4 cm³/mol. The highest BCUT2D eigenvalue weighted by Crippen LogP contribution is 2.14. The Hall–Kier alpha value is -1.51. The third-order valence-corrected chi connectivity index (χ3v) is 2.77. The molecule has 0 aromatic carbocycles. The molecule has 0 saturated carbocycles. The zero-order chi connectivity index (χ0) is 13.6. The van der Waals surface area contributed by atoms with Crippen LogP contribution in [0.3, 0.4) is 0 Å². The smallest absolute Gasteiger partial charge is 0.217 e. The van der Waals surface area contributed by atoms with Crippen LogP contribution in [0.1, 0.15) is 18.5 Å². The highest BCUT2D eigenvalue weighted by atomic mass is 16.3. The SMILES string of the molecule is NC(=O)CCCc1cn(C(CO)(CO)CO)nn1. The van der Waals surface area contributed by atoms with Gasteiger partial charge in [-0.25, -0.2) is 4.68 Å². The van der Waals surface area contributed by atoms with E-state index in [9.17, 15) is 20.1 Å². The maximum Gasteiger partial charge on any atom is 0.217 e. The summed E-state index contributed by atoms with van der Waals surface area (Å²) in [5.74, 6) is -0.377. The maximum absolute atomic E-state index is 10.6. The minimum Gasteiger partial charge on any atom is -0.394 e. The number of carbonyl (C=O) groups is 1. The van der Waals surface area contributed by atoms with Crippen molar-refractivity contribution >= 4 is 5.91 Å². The van der Waals surface area contributed by atoms with E-state index in [0.29, 0.717) is 18.5 Å². The number of primary amides is 1. The van der Waals surface area contributed by atoms with E-state index in [2.05, 4.69) is 10.3 Å². The summed E-state index contributed by atoms with van der Waals surface area (Å²) < 4.78 is 1.24. The zero-order valence-corrected chi connectivity index (χ0v) is 9.99. The second-order valence-electron chi connectivity index (χ2n) is 4.17. The van der Waals surface area contributed by atoms with Gasteiger partial charge >= 0.3 is 0 Å². The van der Waals surface area contributed by atoms with Gasteiger partial charge in [0, 0.05) is 12.6 Å². The Labute approximate surface area is 104 Å². The van der Waals surface area contributed by atoms with Crippen molar-refractivity contribution in [2.24, 2.45) is 5.73 Å². The first kappa shape index (κ1) is 14.6. The van der Waals surface area contributed by atoms with Crippen molar-refractivity contribution in [1.29, 1.82) is 0 Å². The Morgan fingerprint density at radius 3 is 2.44 bits per heavy atom. The molecule has 1 rings (SSSR count). The number of hydrogen-bond acceptors (Lipinski definition) is 6. The van der Waals surface area contributed by atoms with Crippen LogP contribution in [0.2, 0.25) is 0 Å². The molecule has 0 atom stereocenters. The summed E-state index contributed by atoms with van der Waals surface area (Å²) in [4.78, 5) is 10.6. The van der Waals surface area contributed by atoms with Gasteiger partial charge in [-0.05, 0) is 12.8 Å². The summed E-state index contributed by atoms with van der Waals surface area (Å²) in [5, 5.41) is 35.3.